The Morgan fingerprint density at radius 1 is 1.08 bits per heavy atom. The van der Waals surface area contributed by atoms with Crippen LogP contribution in [-0.4, -0.2) is 70.9 Å². The minimum absolute atomic E-state index is 0.0145. The molecule has 1 unspecified atom stereocenters. The van der Waals surface area contributed by atoms with Crippen LogP contribution >= 0.6 is 0 Å². The molecule has 0 bridgehead atoms. The van der Waals surface area contributed by atoms with Crippen LogP contribution in [0, 0.1) is 0 Å². The van der Waals surface area contributed by atoms with Crippen molar-refractivity contribution in [3.8, 4) is 11.4 Å². The fourth-order valence-electron chi connectivity index (χ4n) is 6.12. The van der Waals surface area contributed by atoms with Crippen LogP contribution in [0.2, 0.25) is 0 Å². The van der Waals surface area contributed by atoms with Crippen LogP contribution < -0.4 is 15.5 Å². The number of aliphatic hydroxyl groups is 1. The third-order valence-corrected chi connectivity index (χ3v) is 8.21. The molecule has 0 spiro atoms. The summed E-state index contributed by atoms with van der Waals surface area (Å²) in [7, 11) is 0. The summed E-state index contributed by atoms with van der Waals surface area (Å²) in [6.45, 7) is 2.24. The fourth-order valence-corrected chi connectivity index (χ4v) is 6.12. The monoisotopic (exact) mass is 520 g/mol. The second-order valence-corrected chi connectivity index (χ2v) is 10.8. The van der Waals surface area contributed by atoms with E-state index in [9.17, 15) is 5.11 Å². The summed E-state index contributed by atoms with van der Waals surface area (Å²) in [5.41, 5.74) is 2.87. The molecule has 5 aromatic rings. The van der Waals surface area contributed by atoms with Gasteiger partial charge in [-0.15, -0.1) is 5.10 Å². The number of rotatable bonds is 5. The van der Waals surface area contributed by atoms with Crippen molar-refractivity contribution in [1.82, 2.24) is 39.9 Å². The Morgan fingerprint density at radius 3 is 2.92 bits per heavy atom. The highest BCUT2D eigenvalue weighted by Gasteiger charge is 2.48. The Labute approximate surface area is 224 Å². The highest BCUT2D eigenvalue weighted by Crippen LogP contribution is 2.46. The van der Waals surface area contributed by atoms with Crippen LogP contribution in [0.4, 0.5) is 17.6 Å². The second-order valence-electron chi connectivity index (χ2n) is 10.8. The first-order valence-corrected chi connectivity index (χ1v) is 13.5. The summed E-state index contributed by atoms with van der Waals surface area (Å²) in [5, 5.41) is 23.6. The zero-order chi connectivity index (χ0) is 26.0. The van der Waals surface area contributed by atoms with Crippen LogP contribution in [0.15, 0.2) is 55.1 Å². The van der Waals surface area contributed by atoms with E-state index >= 15 is 0 Å². The van der Waals surface area contributed by atoms with E-state index in [-0.39, 0.29) is 6.04 Å². The smallest absolute Gasteiger partial charge is 0.248 e. The van der Waals surface area contributed by atoms with Gasteiger partial charge in [0.25, 0.3) is 0 Å². The second kappa shape index (κ2) is 8.65. The molecule has 1 aliphatic carbocycles. The van der Waals surface area contributed by atoms with Crippen LogP contribution in [0.5, 0.6) is 0 Å². The Bertz CT molecular complexity index is 1680. The number of β-amino-alcohol motifs (C(OH)–C–C–N with tert-alkyl or cyclic N) is 1. The Morgan fingerprint density at radius 2 is 2.03 bits per heavy atom. The molecule has 2 atom stereocenters. The van der Waals surface area contributed by atoms with Gasteiger partial charge >= 0.3 is 0 Å². The van der Waals surface area contributed by atoms with Gasteiger partial charge in [-0.3, -0.25) is 4.98 Å². The van der Waals surface area contributed by atoms with Gasteiger partial charge in [0.1, 0.15) is 11.6 Å². The summed E-state index contributed by atoms with van der Waals surface area (Å²) in [5.74, 6) is 3.07. The maximum atomic E-state index is 11.4. The Balaban J connectivity index is 1.22. The molecule has 1 saturated carbocycles. The number of hydrogen-bond acceptors (Lipinski definition) is 10. The first-order valence-electron chi connectivity index (χ1n) is 13.5. The topological polar surface area (TPSA) is 129 Å². The van der Waals surface area contributed by atoms with Gasteiger partial charge in [-0.1, -0.05) is 6.07 Å². The molecule has 8 rings (SSSR count). The van der Waals surface area contributed by atoms with E-state index in [1.165, 1.54) is 5.56 Å². The highest BCUT2D eigenvalue weighted by atomic mass is 16.3. The molecular formula is C28H28N10O. The zero-order valence-corrected chi connectivity index (χ0v) is 21.3. The lowest BCUT2D eigenvalue weighted by Crippen LogP contribution is -2.56. The van der Waals surface area contributed by atoms with Crippen LogP contribution in [-0.2, 0) is 0 Å². The van der Waals surface area contributed by atoms with Gasteiger partial charge in [0.15, 0.2) is 11.5 Å². The minimum atomic E-state index is -0.753. The molecular weight excluding hydrogens is 492 g/mol. The number of aromatic nitrogens is 7. The van der Waals surface area contributed by atoms with Gasteiger partial charge in [0, 0.05) is 42.6 Å². The van der Waals surface area contributed by atoms with E-state index in [1.54, 1.807) is 10.7 Å². The molecule has 0 amide bonds. The Kier molecular flexibility index (Phi) is 5.04. The van der Waals surface area contributed by atoms with Gasteiger partial charge in [0.2, 0.25) is 5.95 Å². The predicted molar refractivity (Wildman–Crippen MR) is 147 cm³/mol. The van der Waals surface area contributed by atoms with Gasteiger partial charge in [-0.05, 0) is 68.0 Å². The number of piperidine rings is 1. The van der Waals surface area contributed by atoms with E-state index in [4.69, 9.17) is 9.97 Å². The van der Waals surface area contributed by atoms with Crippen LogP contribution in [0.1, 0.15) is 37.2 Å². The molecule has 3 N–H and O–H groups in total. The van der Waals surface area contributed by atoms with Crippen molar-refractivity contribution in [3.63, 3.8) is 0 Å². The molecule has 7 heterocycles. The van der Waals surface area contributed by atoms with E-state index in [0.29, 0.717) is 36.5 Å². The van der Waals surface area contributed by atoms with Crippen molar-refractivity contribution in [1.29, 1.82) is 0 Å². The summed E-state index contributed by atoms with van der Waals surface area (Å²) < 4.78 is 1.72. The van der Waals surface area contributed by atoms with E-state index in [2.05, 4.69) is 35.6 Å². The van der Waals surface area contributed by atoms with Crippen molar-refractivity contribution in [2.75, 3.05) is 29.9 Å². The maximum Gasteiger partial charge on any atom is 0.248 e. The predicted octanol–water partition coefficient (Wildman–Crippen LogP) is 3.05. The third-order valence-electron chi connectivity index (χ3n) is 8.21. The lowest BCUT2D eigenvalue weighted by Gasteiger charge is -2.39. The average molecular weight is 521 g/mol. The number of pyridine rings is 3. The summed E-state index contributed by atoms with van der Waals surface area (Å²) in [4.78, 5) is 26.1. The molecule has 39 heavy (non-hydrogen) atoms. The first-order chi connectivity index (χ1) is 19.1. The summed E-state index contributed by atoms with van der Waals surface area (Å²) >= 11 is 0. The number of fused-ring (bicyclic) bond motifs is 3. The Hall–Kier alpha value is -4.22. The summed E-state index contributed by atoms with van der Waals surface area (Å²) in [6.07, 6.45) is 11.3. The van der Waals surface area contributed by atoms with Crippen molar-refractivity contribution in [3.05, 3.63) is 60.7 Å². The number of hydrogen-bond donors (Lipinski definition) is 3. The largest absolute Gasteiger partial charge is 0.386 e. The lowest BCUT2D eigenvalue weighted by molar-refractivity contribution is 0.0159. The maximum absolute atomic E-state index is 11.4. The molecule has 2 saturated heterocycles. The minimum Gasteiger partial charge on any atom is -0.386 e. The highest BCUT2D eigenvalue weighted by molar-refractivity contribution is 5.94. The first kappa shape index (κ1) is 22.7. The normalized spacial score (nSPS) is 22.9. The SMILES string of the molecule is O[C@]12CCN(c3nc(-c4ccnc(Nc5nc6ccccn6n5)c4)nc4cncc(C5CC5)c34)C1CCNC2. The molecule has 3 fully saturated rings. The van der Waals surface area contributed by atoms with Gasteiger partial charge in [0.05, 0.1) is 23.4 Å². The van der Waals surface area contributed by atoms with Gasteiger partial charge in [-0.25, -0.2) is 19.5 Å². The van der Waals surface area contributed by atoms with Crippen molar-refractivity contribution in [2.24, 2.45) is 0 Å². The molecule has 3 aliphatic rings. The fraction of sp³-hybridized carbons (Fsp3) is 0.357. The lowest BCUT2D eigenvalue weighted by atomic mass is 9.89. The van der Waals surface area contributed by atoms with Crippen LogP contribution in [0.3, 0.4) is 0 Å². The third kappa shape index (κ3) is 3.88. The van der Waals surface area contributed by atoms with Crippen molar-refractivity contribution in [2.45, 2.75) is 43.2 Å². The van der Waals surface area contributed by atoms with Gasteiger partial charge in [-0.2, -0.15) is 4.98 Å². The molecule has 2 aliphatic heterocycles. The van der Waals surface area contributed by atoms with E-state index in [0.717, 1.165) is 60.3 Å². The van der Waals surface area contributed by atoms with E-state index in [1.807, 2.05) is 48.9 Å². The summed E-state index contributed by atoms with van der Waals surface area (Å²) in [6, 6.07) is 9.58. The zero-order valence-electron chi connectivity index (χ0n) is 21.3. The van der Waals surface area contributed by atoms with Crippen LogP contribution in [0.25, 0.3) is 27.9 Å². The standard InChI is InChI=1S/C28H28N10O/c39-28-8-12-37(21(28)7-9-29-16-28)26-24-19(17-4-5-17)14-30-15-20(24)32-25(35-26)18-6-10-31-22(13-18)33-27-34-23-3-1-2-11-38(23)36-27/h1-3,6,10-11,13-15,17,21,29,39H,4-5,7-9,12,16H2,(H,31,33,36)/t21?,28-/m0/s1. The number of nitrogens with one attached hydrogen (secondary N) is 2. The molecule has 196 valence electrons. The molecule has 0 radical (unpaired) electrons. The molecule has 11 nitrogen and oxygen atoms in total. The van der Waals surface area contributed by atoms with E-state index < -0.39 is 5.60 Å². The molecule has 5 aromatic heterocycles. The molecule has 0 aromatic carbocycles. The van der Waals surface area contributed by atoms with Crippen molar-refractivity contribution >= 4 is 34.1 Å². The van der Waals surface area contributed by atoms with Gasteiger partial charge < -0.3 is 20.6 Å². The quantitative estimate of drug-likeness (QED) is 0.318. The number of anilines is 3. The number of nitrogens with zero attached hydrogens (tertiary/aromatic N) is 8. The van der Waals surface area contributed by atoms with Crippen molar-refractivity contribution < 1.29 is 5.11 Å². The average Bonchev–Trinajstić information content (AvgIpc) is 3.63. The molecule has 11 heteroatoms.